The Labute approximate surface area is 132 Å². The summed E-state index contributed by atoms with van der Waals surface area (Å²) in [6, 6.07) is 8.43. The van der Waals surface area contributed by atoms with Gasteiger partial charge in [0.25, 0.3) is 0 Å². The smallest absolute Gasteiger partial charge is 0.191 e. The molecule has 1 aliphatic heterocycles. The minimum Gasteiger partial charge on any atom is -0.356 e. The summed E-state index contributed by atoms with van der Waals surface area (Å²) in [6.45, 7) is 2.92. The van der Waals surface area contributed by atoms with E-state index in [0.29, 0.717) is 0 Å². The maximum Gasteiger partial charge on any atom is 0.191 e. The van der Waals surface area contributed by atoms with Crippen LogP contribution in [0.5, 0.6) is 0 Å². The first-order valence-corrected chi connectivity index (χ1v) is 8.45. The molecular weight excluding hydrogens is 282 g/mol. The molecule has 2 N–H and O–H groups in total. The highest BCUT2D eigenvalue weighted by Crippen LogP contribution is 2.39. The number of halogens is 1. The topological polar surface area (TPSA) is 36.4 Å². The van der Waals surface area contributed by atoms with E-state index in [0.717, 1.165) is 37.0 Å². The minimum absolute atomic E-state index is 0.227. The van der Waals surface area contributed by atoms with Crippen molar-refractivity contribution in [1.82, 2.24) is 10.6 Å². The van der Waals surface area contributed by atoms with Crippen LogP contribution >= 0.6 is 11.6 Å². The van der Waals surface area contributed by atoms with Gasteiger partial charge in [0, 0.05) is 30.1 Å². The molecule has 1 aliphatic carbocycles. The summed E-state index contributed by atoms with van der Waals surface area (Å²) in [5.74, 6) is 0.972. The van der Waals surface area contributed by atoms with E-state index in [1.165, 1.54) is 37.7 Å². The minimum atomic E-state index is 0.227. The largest absolute Gasteiger partial charge is 0.356 e. The van der Waals surface area contributed by atoms with Gasteiger partial charge in [0.15, 0.2) is 5.96 Å². The molecule has 3 nitrogen and oxygen atoms in total. The molecule has 2 aliphatic rings. The highest BCUT2D eigenvalue weighted by atomic mass is 35.5. The molecule has 1 aromatic carbocycles. The van der Waals surface area contributed by atoms with Crippen LogP contribution in [-0.2, 0) is 5.41 Å². The predicted molar refractivity (Wildman–Crippen MR) is 89.1 cm³/mol. The Bertz CT molecular complexity index is 489. The zero-order chi connectivity index (χ0) is 14.5. The molecule has 0 atom stereocenters. The van der Waals surface area contributed by atoms with Gasteiger partial charge in [0.05, 0.1) is 0 Å². The summed E-state index contributed by atoms with van der Waals surface area (Å²) >= 11 is 6.05. The van der Waals surface area contributed by atoms with E-state index in [1.807, 2.05) is 12.1 Å². The van der Waals surface area contributed by atoms with Gasteiger partial charge in [0.2, 0.25) is 0 Å². The van der Waals surface area contributed by atoms with Crippen LogP contribution in [0.4, 0.5) is 0 Å². The second-order valence-corrected chi connectivity index (χ2v) is 6.65. The molecule has 3 rings (SSSR count). The molecule has 0 saturated heterocycles. The van der Waals surface area contributed by atoms with Crippen molar-refractivity contribution in [2.45, 2.75) is 43.9 Å². The second-order valence-electron chi connectivity index (χ2n) is 6.21. The average Bonchev–Trinajstić information content (AvgIpc) is 2.55. The number of hydrogen-bond acceptors (Lipinski definition) is 3. The molecule has 0 spiro atoms. The van der Waals surface area contributed by atoms with Gasteiger partial charge >= 0.3 is 0 Å². The fraction of sp³-hybridized carbons (Fsp3) is 0.588. The Hall–Kier alpha value is -1.22. The van der Waals surface area contributed by atoms with Crippen LogP contribution in [0.1, 0.15) is 44.1 Å². The third-order valence-corrected chi connectivity index (χ3v) is 5.01. The Balaban J connectivity index is 1.76. The summed E-state index contributed by atoms with van der Waals surface area (Å²) in [5, 5.41) is 7.72. The summed E-state index contributed by atoms with van der Waals surface area (Å²) in [4.78, 5) is 4.53. The second kappa shape index (κ2) is 6.69. The summed E-state index contributed by atoms with van der Waals surface area (Å²) in [6.07, 6.45) is 7.60. The van der Waals surface area contributed by atoms with Crippen molar-refractivity contribution in [2.75, 3.05) is 19.6 Å². The number of rotatable bonds is 3. The van der Waals surface area contributed by atoms with Gasteiger partial charge in [-0.25, -0.2) is 0 Å². The molecule has 114 valence electrons. The van der Waals surface area contributed by atoms with E-state index in [2.05, 4.69) is 27.8 Å². The maximum absolute atomic E-state index is 6.05. The van der Waals surface area contributed by atoms with Crippen molar-refractivity contribution in [1.29, 1.82) is 0 Å². The fourth-order valence-electron chi connectivity index (χ4n) is 3.50. The number of guanidine groups is 1. The van der Waals surface area contributed by atoms with Gasteiger partial charge in [-0.15, -0.1) is 0 Å². The maximum atomic E-state index is 6.05. The van der Waals surface area contributed by atoms with E-state index in [4.69, 9.17) is 11.6 Å². The van der Waals surface area contributed by atoms with E-state index in [9.17, 15) is 0 Å². The lowest BCUT2D eigenvalue weighted by Gasteiger charge is -2.38. The quantitative estimate of drug-likeness (QED) is 0.897. The third-order valence-electron chi connectivity index (χ3n) is 4.76. The number of hydrogen-bond donors (Lipinski definition) is 2. The van der Waals surface area contributed by atoms with E-state index >= 15 is 0 Å². The van der Waals surface area contributed by atoms with Crippen molar-refractivity contribution >= 4 is 17.6 Å². The summed E-state index contributed by atoms with van der Waals surface area (Å²) in [7, 11) is 0. The zero-order valence-corrected chi connectivity index (χ0v) is 13.3. The van der Waals surface area contributed by atoms with Gasteiger partial charge in [-0.2, -0.15) is 0 Å². The molecule has 4 heteroatoms. The van der Waals surface area contributed by atoms with Crippen molar-refractivity contribution < 1.29 is 0 Å². The van der Waals surface area contributed by atoms with Crippen LogP contribution < -0.4 is 10.6 Å². The molecule has 1 fully saturated rings. The van der Waals surface area contributed by atoms with Crippen LogP contribution in [0.3, 0.4) is 0 Å². The summed E-state index contributed by atoms with van der Waals surface area (Å²) < 4.78 is 0. The normalized spacial score (nSPS) is 21.3. The molecule has 0 bridgehead atoms. The van der Waals surface area contributed by atoms with Crippen LogP contribution in [0.2, 0.25) is 5.02 Å². The lowest BCUT2D eigenvalue weighted by atomic mass is 9.69. The van der Waals surface area contributed by atoms with Gasteiger partial charge in [-0.05, 0) is 37.0 Å². The van der Waals surface area contributed by atoms with Gasteiger partial charge in [-0.1, -0.05) is 43.0 Å². The number of nitrogens with zero attached hydrogens (tertiary/aromatic N) is 1. The van der Waals surface area contributed by atoms with E-state index in [1.54, 1.807) is 0 Å². The van der Waals surface area contributed by atoms with Crippen LogP contribution in [0, 0.1) is 0 Å². The van der Waals surface area contributed by atoms with Crippen molar-refractivity contribution in [3.8, 4) is 0 Å². The highest BCUT2D eigenvalue weighted by Gasteiger charge is 2.34. The van der Waals surface area contributed by atoms with Crippen LogP contribution in [0.25, 0.3) is 0 Å². The fourth-order valence-corrected chi connectivity index (χ4v) is 3.63. The lowest BCUT2D eigenvalue weighted by molar-refractivity contribution is 0.291. The molecule has 0 unspecified atom stereocenters. The molecule has 21 heavy (non-hydrogen) atoms. The Morgan fingerprint density at radius 1 is 1.10 bits per heavy atom. The highest BCUT2D eigenvalue weighted by molar-refractivity contribution is 6.30. The van der Waals surface area contributed by atoms with Crippen molar-refractivity contribution in [3.63, 3.8) is 0 Å². The SMILES string of the molecule is Clc1ccc(C2(CNC3=NCCCN3)CCCCC2)cc1. The lowest BCUT2D eigenvalue weighted by Crippen LogP contribution is -2.48. The monoisotopic (exact) mass is 305 g/mol. The molecule has 1 aromatic rings. The number of nitrogens with one attached hydrogen (secondary N) is 2. The zero-order valence-electron chi connectivity index (χ0n) is 12.5. The number of aliphatic imine (C=N–C) groups is 1. The van der Waals surface area contributed by atoms with E-state index < -0.39 is 0 Å². The average molecular weight is 306 g/mol. The standard InChI is InChI=1S/C17H24ClN3/c18-15-7-5-14(6-8-15)17(9-2-1-3-10-17)13-21-16-19-11-4-12-20-16/h5-8H,1-4,9-13H2,(H2,19,20,21). The third kappa shape index (κ3) is 3.52. The van der Waals surface area contributed by atoms with Gasteiger partial charge in [-0.3, -0.25) is 4.99 Å². The van der Waals surface area contributed by atoms with Crippen molar-refractivity contribution in [2.24, 2.45) is 4.99 Å². The first-order chi connectivity index (χ1) is 10.3. The van der Waals surface area contributed by atoms with Crippen LogP contribution in [0.15, 0.2) is 29.3 Å². The van der Waals surface area contributed by atoms with Gasteiger partial charge < -0.3 is 10.6 Å². The van der Waals surface area contributed by atoms with Gasteiger partial charge in [0.1, 0.15) is 0 Å². The molecular formula is C17H24ClN3. The first-order valence-electron chi connectivity index (χ1n) is 8.07. The van der Waals surface area contributed by atoms with Crippen LogP contribution in [-0.4, -0.2) is 25.6 Å². The molecule has 0 aromatic heterocycles. The molecule has 1 saturated carbocycles. The first kappa shape index (κ1) is 14.7. The Morgan fingerprint density at radius 2 is 1.86 bits per heavy atom. The molecule has 1 heterocycles. The molecule has 0 amide bonds. The Kier molecular flexibility index (Phi) is 4.69. The van der Waals surface area contributed by atoms with Crippen molar-refractivity contribution in [3.05, 3.63) is 34.9 Å². The van der Waals surface area contributed by atoms with E-state index in [-0.39, 0.29) is 5.41 Å². The Morgan fingerprint density at radius 3 is 2.52 bits per heavy atom. The number of benzene rings is 1. The predicted octanol–water partition coefficient (Wildman–Crippen LogP) is 3.48. The molecule has 0 radical (unpaired) electrons. The summed E-state index contributed by atoms with van der Waals surface area (Å²) in [5.41, 5.74) is 1.64.